The molecular weight excluding hydrogens is 362 g/mol. The Hall–Kier alpha value is -2.41. The maximum absolute atomic E-state index is 12.5. The second kappa shape index (κ2) is 8.52. The van der Waals surface area contributed by atoms with Gasteiger partial charge in [-0.15, -0.1) is 11.3 Å². The molecule has 1 atom stereocenters. The number of amides is 2. The van der Waals surface area contributed by atoms with Gasteiger partial charge in [0.25, 0.3) is 0 Å². The number of nitrogens with zero attached hydrogens (tertiary/aromatic N) is 1. The van der Waals surface area contributed by atoms with Crippen LogP contribution in [0.2, 0.25) is 0 Å². The van der Waals surface area contributed by atoms with E-state index in [2.05, 4.69) is 29.5 Å². The third-order valence-corrected chi connectivity index (χ3v) is 4.99. The van der Waals surface area contributed by atoms with Crippen molar-refractivity contribution in [3.8, 4) is 0 Å². The summed E-state index contributed by atoms with van der Waals surface area (Å²) in [5, 5.41) is 6.15. The molecule has 27 heavy (non-hydrogen) atoms. The Morgan fingerprint density at radius 1 is 1.07 bits per heavy atom. The predicted octanol–water partition coefficient (Wildman–Crippen LogP) is 5.36. The van der Waals surface area contributed by atoms with E-state index >= 15 is 0 Å². The molecule has 1 heterocycles. The van der Waals surface area contributed by atoms with Crippen LogP contribution in [-0.4, -0.2) is 22.6 Å². The van der Waals surface area contributed by atoms with Gasteiger partial charge < -0.3 is 10.1 Å². The van der Waals surface area contributed by atoms with E-state index in [1.54, 1.807) is 18.3 Å². The standard InChI is InChI=1S/C20H27N3O3S/c1-12(2)16-11-21-18(27-16)23-17(24)13(3)14-7-9-15(10-8-14)22-19(25)26-20(4,5)6/h7-13H,1-6H3,(H,22,25)(H,21,23,24)/t13-/m0/s1. The molecule has 2 rings (SSSR count). The molecule has 0 saturated heterocycles. The zero-order valence-corrected chi connectivity index (χ0v) is 17.4. The first-order chi connectivity index (χ1) is 12.5. The fraction of sp³-hybridized carbons (Fsp3) is 0.450. The van der Waals surface area contributed by atoms with Gasteiger partial charge in [0.2, 0.25) is 5.91 Å². The Bertz CT molecular complexity index is 792. The van der Waals surface area contributed by atoms with Crippen LogP contribution in [0, 0.1) is 0 Å². The van der Waals surface area contributed by atoms with Crippen molar-refractivity contribution in [2.45, 2.75) is 59.0 Å². The van der Waals surface area contributed by atoms with Crippen LogP contribution in [-0.2, 0) is 9.53 Å². The van der Waals surface area contributed by atoms with Gasteiger partial charge in [-0.25, -0.2) is 9.78 Å². The summed E-state index contributed by atoms with van der Waals surface area (Å²) in [6.45, 7) is 11.4. The van der Waals surface area contributed by atoms with E-state index in [0.29, 0.717) is 16.7 Å². The van der Waals surface area contributed by atoms with Crippen LogP contribution < -0.4 is 10.6 Å². The van der Waals surface area contributed by atoms with Crippen molar-refractivity contribution < 1.29 is 14.3 Å². The summed E-state index contributed by atoms with van der Waals surface area (Å²) in [6, 6.07) is 7.14. The number of aromatic nitrogens is 1. The number of ether oxygens (including phenoxy) is 1. The topological polar surface area (TPSA) is 80.3 Å². The van der Waals surface area contributed by atoms with Crippen molar-refractivity contribution in [1.29, 1.82) is 0 Å². The van der Waals surface area contributed by atoms with Gasteiger partial charge in [0.05, 0.1) is 5.92 Å². The molecule has 0 saturated carbocycles. The second-order valence-corrected chi connectivity index (χ2v) is 8.74. The molecule has 0 radical (unpaired) electrons. The van der Waals surface area contributed by atoms with Gasteiger partial charge in [-0.2, -0.15) is 0 Å². The Balaban J connectivity index is 1.96. The maximum atomic E-state index is 12.5. The number of thiazole rings is 1. The van der Waals surface area contributed by atoms with Crippen molar-refractivity contribution in [2.24, 2.45) is 0 Å². The first-order valence-corrected chi connectivity index (χ1v) is 9.73. The van der Waals surface area contributed by atoms with Gasteiger partial charge in [0.15, 0.2) is 5.13 Å². The van der Waals surface area contributed by atoms with Crippen molar-refractivity contribution in [1.82, 2.24) is 4.98 Å². The van der Waals surface area contributed by atoms with E-state index in [4.69, 9.17) is 4.74 Å². The average Bonchev–Trinajstić information content (AvgIpc) is 3.02. The SMILES string of the molecule is CC(C)c1cnc(NC(=O)[C@@H](C)c2ccc(NC(=O)OC(C)(C)C)cc2)s1. The highest BCUT2D eigenvalue weighted by Gasteiger charge is 2.18. The smallest absolute Gasteiger partial charge is 0.412 e. The average molecular weight is 390 g/mol. The summed E-state index contributed by atoms with van der Waals surface area (Å²) in [6.07, 6.45) is 1.29. The minimum absolute atomic E-state index is 0.118. The van der Waals surface area contributed by atoms with Crippen LogP contribution in [0.15, 0.2) is 30.5 Å². The highest BCUT2D eigenvalue weighted by molar-refractivity contribution is 7.15. The van der Waals surface area contributed by atoms with Crippen LogP contribution in [0.1, 0.15) is 63.8 Å². The molecule has 0 fully saturated rings. The normalized spacial score (nSPS) is 12.6. The van der Waals surface area contributed by atoms with Crippen LogP contribution >= 0.6 is 11.3 Å². The predicted molar refractivity (Wildman–Crippen MR) is 110 cm³/mol. The van der Waals surface area contributed by atoms with Crippen LogP contribution in [0.5, 0.6) is 0 Å². The van der Waals surface area contributed by atoms with E-state index in [9.17, 15) is 9.59 Å². The Labute approximate surface area is 164 Å². The van der Waals surface area contributed by atoms with E-state index in [-0.39, 0.29) is 11.8 Å². The molecule has 0 unspecified atom stereocenters. The van der Waals surface area contributed by atoms with Crippen LogP contribution in [0.3, 0.4) is 0 Å². The lowest BCUT2D eigenvalue weighted by Crippen LogP contribution is -2.27. The summed E-state index contributed by atoms with van der Waals surface area (Å²) in [4.78, 5) is 29.7. The van der Waals surface area contributed by atoms with Crippen molar-refractivity contribution in [3.05, 3.63) is 40.9 Å². The molecule has 6 nitrogen and oxygen atoms in total. The van der Waals surface area contributed by atoms with E-state index < -0.39 is 11.7 Å². The summed E-state index contributed by atoms with van der Waals surface area (Å²) in [5.74, 6) is -0.0740. The Morgan fingerprint density at radius 2 is 1.70 bits per heavy atom. The van der Waals surface area contributed by atoms with Crippen molar-refractivity contribution >= 4 is 34.2 Å². The Morgan fingerprint density at radius 3 is 2.22 bits per heavy atom. The van der Waals surface area contributed by atoms with E-state index in [1.165, 1.54) is 11.3 Å². The molecule has 0 aliphatic heterocycles. The molecule has 1 aromatic heterocycles. The monoisotopic (exact) mass is 389 g/mol. The van der Waals surface area contributed by atoms with Crippen molar-refractivity contribution in [2.75, 3.05) is 10.6 Å². The molecule has 0 aliphatic rings. The first-order valence-electron chi connectivity index (χ1n) is 8.91. The molecule has 0 spiro atoms. The van der Waals surface area contributed by atoms with Crippen LogP contribution in [0.4, 0.5) is 15.6 Å². The molecule has 2 N–H and O–H groups in total. The largest absolute Gasteiger partial charge is 0.444 e. The molecule has 2 aromatic rings. The number of benzene rings is 1. The number of carbonyl (C=O) groups is 2. The Kier molecular flexibility index (Phi) is 6.59. The second-order valence-electron chi connectivity index (χ2n) is 7.68. The lowest BCUT2D eigenvalue weighted by molar-refractivity contribution is -0.117. The fourth-order valence-electron chi connectivity index (χ4n) is 2.25. The van der Waals surface area contributed by atoms with E-state index in [1.807, 2.05) is 39.8 Å². The van der Waals surface area contributed by atoms with Crippen LogP contribution in [0.25, 0.3) is 0 Å². The number of nitrogens with one attached hydrogen (secondary N) is 2. The van der Waals surface area contributed by atoms with Gasteiger partial charge in [-0.3, -0.25) is 10.1 Å². The maximum Gasteiger partial charge on any atom is 0.412 e. The van der Waals surface area contributed by atoms with Gasteiger partial charge in [0.1, 0.15) is 5.60 Å². The zero-order valence-electron chi connectivity index (χ0n) is 16.6. The first kappa shape index (κ1) is 20.9. The highest BCUT2D eigenvalue weighted by Crippen LogP contribution is 2.27. The molecule has 1 aromatic carbocycles. The van der Waals surface area contributed by atoms with Gasteiger partial charge in [-0.1, -0.05) is 26.0 Å². The summed E-state index contributed by atoms with van der Waals surface area (Å²) >= 11 is 1.49. The highest BCUT2D eigenvalue weighted by atomic mass is 32.1. The number of anilines is 2. The molecule has 7 heteroatoms. The molecule has 0 aliphatic carbocycles. The number of hydrogen-bond acceptors (Lipinski definition) is 5. The van der Waals surface area contributed by atoms with Gasteiger partial charge in [-0.05, 0) is 51.3 Å². The minimum Gasteiger partial charge on any atom is -0.444 e. The van der Waals surface area contributed by atoms with Gasteiger partial charge in [0, 0.05) is 16.8 Å². The summed E-state index contributed by atoms with van der Waals surface area (Å²) < 4.78 is 5.22. The van der Waals surface area contributed by atoms with E-state index in [0.717, 1.165) is 10.4 Å². The third kappa shape index (κ3) is 6.36. The number of carbonyl (C=O) groups excluding carboxylic acids is 2. The molecule has 2 amide bonds. The summed E-state index contributed by atoms with van der Waals surface area (Å²) in [7, 11) is 0. The fourth-order valence-corrected chi connectivity index (χ4v) is 3.07. The lowest BCUT2D eigenvalue weighted by Gasteiger charge is -2.19. The third-order valence-electron chi connectivity index (χ3n) is 3.77. The zero-order chi connectivity index (χ0) is 20.2. The molecule has 0 bridgehead atoms. The minimum atomic E-state index is -0.554. The quantitative estimate of drug-likeness (QED) is 0.722. The van der Waals surface area contributed by atoms with Gasteiger partial charge >= 0.3 is 6.09 Å². The molecular formula is C20H27N3O3S. The summed E-state index contributed by atoms with van der Waals surface area (Å²) in [5.41, 5.74) is 0.909. The van der Waals surface area contributed by atoms with Crippen molar-refractivity contribution in [3.63, 3.8) is 0 Å². The molecule has 146 valence electrons. The number of hydrogen-bond donors (Lipinski definition) is 2. The lowest BCUT2D eigenvalue weighted by atomic mass is 10.0. The number of rotatable bonds is 5.